The molecule has 4 aliphatic heterocycles. The van der Waals surface area contributed by atoms with Crippen molar-refractivity contribution < 1.29 is 38.1 Å². The highest BCUT2D eigenvalue weighted by molar-refractivity contribution is 9.11. The number of anilines is 3. The van der Waals surface area contributed by atoms with Gasteiger partial charge in [-0.05, 0) is 149 Å². The smallest absolute Gasteiger partial charge is 0.410 e. The minimum absolute atomic E-state index is 0.0255. The van der Waals surface area contributed by atoms with Crippen molar-refractivity contribution in [1.29, 1.82) is 0 Å². The van der Waals surface area contributed by atoms with E-state index in [1.807, 2.05) is 97.9 Å². The van der Waals surface area contributed by atoms with Gasteiger partial charge in [-0.15, -0.1) is 0 Å². The van der Waals surface area contributed by atoms with E-state index in [0.29, 0.717) is 70.4 Å². The Kier molecular flexibility index (Phi) is 17.7. The van der Waals surface area contributed by atoms with Gasteiger partial charge in [-0.1, -0.05) is 34.1 Å². The van der Waals surface area contributed by atoms with Crippen molar-refractivity contribution in [1.82, 2.24) is 29.7 Å². The van der Waals surface area contributed by atoms with Crippen molar-refractivity contribution in [2.45, 2.75) is 104 Å². The highest BCUT2D eigenvalue weighted by Crippen LogP contribution is 2.49. The topological polar surface area (TPSA) is 196 Å². The van der Waals surface area contributed by atoms with Gasteiger partial charge in [0.05, 0.1) is 40.5 Å². The van der Waals surface area contributed by atoms with Crippen molar-refractivity contribution in [3.05, 3.63) is 86.8 Å². The average Bonchev–Trinajstić information content (AvgIpc) is 3.71. The zero-order valence-corrected chi connectivity index (χ0v) is 47.0. The van der Waals surface area contributed by atoms with E-state index in [1.165, 1.54) is 0 Å². The number of likely N-dealkylation sites (tertiary alicyclic amines) is 2. The second kappa shape index (κ2) is 22.8. The second-order valence-electron chi connectivity index (χ2n) is 20.5. The van der Waals surface area contributed by atoms with Crippen LogP contribution < -0.4 is 25.0 Å². The largest absolute Gasteiger partial charge is 0.497 e. The Hall–Kier alpha value is -5.08. The lowest BCUT2D eigenvalue weighted by atomic mass is 9.68. The van der Waals surface area contributed by atoms with Gasteiger partial charge >= 0.3 is 12.2 Å². The lowest BCUT2D eigenvalue weighted by Crippen LogP contribution is -2.48. The first kappa shape index (κ1) is 55.2. The summed E-state index contributed by atoms with van der Waals surface area (Å²) < 4.78 is 23.0. The number of aryl methyl sites for hydroxylation is 2. The predicted octanol–water partition coefficient (Wildman–Crippen LogP) is 9.73. The number of aromatic nitrogens is 4. The molecule has 8 rings (SSSR count). The zero-order chi connectivity index (χ0) is 52.1. The van der Waals surface area contributed by atoms with E-state index in [4.69, 9.17) is 24.7 Å². The molecule has 0 radical (unpaired) electrons. The van der Waals surface area contributed by atoms with Gasteiger partial charge in [-0.25, -0.2) is 29.5 Å². The molecule has 0 bridgehead atoms. The minimum atomic E-state index is -0.544. The highest BCUT2D eigenvalue weighted by Gasteiger charge is 2.55. The first-order valence-electron chi connectivity index (χ1n) is 23.6. The number of alkyl halides is 1. The number of carbonyl (C=O) groups excluding carboxylic acids is 4. The molecular formula is C51H66Br3N9O8. The Morgan fingerprint density at radius 3 is 1.56 bits per heavy atom. The summed E-state index contributed by atoms with van der Waals surface area (Å²) in [7, 11) is 3.26. The van der Waals surface area contributed by atoms with Crippen LogP contribution in [0.3, 0.4) is 0 Å². The number of piperidine rings is 2. The Bertz CT molecular complexity index is 2560. The van der Waals surface area contributed by atoms with Crippen LogP contribution in [-0.4, -0.2) is 123 Å². The molecule has 2 aromatic heterocycles. The van der Waals surface area contributed by atoms with Gasteiger partial charge in [0.25, 0.3) is 0 Å². The third-order valence-electron chi connectivity index (χ3n) is 13.1. The fourth-order valence-electron chi connectivity index (χ4n) is 9.12. The molecule has 4 amide bonds. The molecule has 20 heteroatoms. The molecule has 2 unspecified atom stereocenters. The Morgan fingerprint density at radius 2 is 1.13 bits per heavy atom. The Balaban J connectivity index is 0.000000202. The SMILES string of the molecule is COc1cccc(CC2C(=O)N(c3ncc(Br)c(C)n3)CC23CCN(C(=O)OC(C)(C)C)CC3)c1.COc1cccc(N)c1.Cc1nc(N2CC3(CCN(C(=O)OC(C)(C)C)CC3)C(Br)C2=O)ncc1Br. The van der Waals surface area contributed by atoms with Crippen LogP contribution in [0, 0.1) is 30.6 Å². The van der Waals surface area contributed by atoms with Crippen LogP contribution in [0.15, 0.2) is 69.9 Å². The maximum absolute atomic E-state index is 13.8. The molecule has 4 fully saturated rings. The third-order valence-corrected chi connectivity index (χ3v) is 16.0. The number of halogens is 3. The lowest BCUT2D eigenvalue weighted by molar-refractivity contribution is -0.123. The Morgan fingerprint density at radius 1 is 0.690 bits per heavy atom. The second-order valence-corrected chi connectivity index (χ2v) is 23.1. The van der Waals surface area contributed by atoms with E-state index < -0.39 is 11.2 Å². The standard InChI is InChI=1S/C26H33BrN4O4.C18H24Br2N4O3.C7H9NO/c1-17-21(27)15-28-23(29-17)31-16-26(9-11-30(12-10-26)24(33)35-25(2,3)4)20(22(31)32)14-18-7-6-8-19(13-18)34-5;1-11-12(19)9-21-15(22-11)24-10-18(13(20)14(24)25)5-7-23(8-6-18)16(26)27-17(2,3)4;1-9-7-4-2-3-6(8)5-7/h6-8,13,15,20H,9-12,14,16H2,1-5H3;9,13H,5-8,10H2,1-4H3;2-5H,8H2,1H3. The fraction of sp³-hybridized carbons (Fsp3) is 0.529. The van der Waals surface area contributed by atoms with E-state index >= 15 is 0 Å². The molecule has 0 saturated carbocycles. The van der Waals surface area contributed by atoms with Gasteiger partial charge in [0.15, 0.2) is 0 Å². The highest BCUT2D eigenvalue weighted by atomic mass is 79.9. The van der Waals surface area contributed by atoms with Crippen molar-refractivity contribution in [3.8, 4) is 11.5 Å². The molecule has 6 heterocycles. The first-order valence-corrected chi connectivity index (χ1v) is 26.1. The molecule has 71 heavy (non-hydrogen) atoms. The monoisotopic (exact) mass is 1170 g/mol. The molecule has 17 nitrogen and oxygen atoms in total. The lowest BCUT2D eigenvalue weighted by Gasteiger charge is -2.42. The van der Waals surface area contributed by atoms with Crippen LogP contribution in [0.1, 0.15) is 84.2 Å². The summed E-state index contributed by atoms with van der Waals surface area (Å²) in [4.78, 5) is 76.0. The maximum atomic E-state index is 13.8. The number of hydrogen-bond donors (Lipinski definition) is 1. The van der Waals surface area contributed by atoms with Gasteiger partial charge in [0, 0.05) is 74.2 Å². The Labute approximate surface area is 442 Å². The summed E-state index contributed by atoms with van der Waals surface area (Å²) in [6.45, 7) is 18.3. The molecule has 0 aliphatic carbocycles. The van der Waals surface area contributed by atoms with Gasteiger partial charge in [0.2, 0.25) is 23.7 Å². The summed E-state index contributed by atoms with van der Waals surface area (Å²) in [5.41, 5.74) is 7.23. The van der Waals surface area contributed by atoms with Crippen molar-refractivity contribution >= 4 is 89.4 Å². The molecule has 2 N–H and O–H groups in total. The van der Waals surface area contributed by atoms with Gasteiger partial charge in [0.1, 0.15) is 27.5 Å². The molecular weight excluding hydrogens is 1110 g/mol. The van der Waals surface area contributed by atoms with E-state index in [0.717, 1.165) is 55.9 Å². The average molecular weight is 1170 g/mol. The molecule has 2 spiro atoms. The van der Waals surface area contributed by atoms with E-state index in [-0.39, 0.29) is 45.6 Å². The molecule has 2 atom stereocenters. The fourth-order valence-corrected chi connectivity index (χ4v) is 10.4. The van der Waals surface area contributed by atoms with E-state index in [2.05, 4.69) is 67.7 Å². The maximum Gasteiger partial charge on any atom is 0.410 e. The minimum Gasteiger partial charge on any atom is -0.497 e. The van der Waals surface area contributed by atoms with Gasteiger partial charge in [-0.2, -0.15) is 0 Å². The van der Waals surface area contributed by atoms with Crippen molar-refractivity contribution in [2.75, 3.05) is 69.0 Å². The number of hydrogen-bond acceptors (Lipinski definition) is 13. The van der Waals surface area contributed by atoms with Crippen LogP contribution in [0.2, 0.25) is 0 Å². The number of rotatable bonds is 6. The molecule has 384 valence electrons. The quantitative estimate of drug-likeness (QED) is 0.142. The molecule has 2 aromatic carbocycles. The van der Waals surface area contributed by atoms with E-state index in [1.54, 1.807) is 52.3 Å². The third kappa shape index (κ3) is 13.7. The summed E-state index contributed by atoms with van der Waals surface area (Å²) in [6, 6.07) is 15.2. The number of nitrogens with zero attached hydrogens (tertiary/aromatic N) is 8. The number of methoxy groups -OCH3 is 2. The summed E-state index contributed by atoms with van der Waals surface area (Å²) in [5.74, 6) is 2.18. The zero-order valence-electron chi connectivity index (χ0n) is 42.3. The van der Waals surface area contributed by atoms with Crippen LogP contribution in [0.4, 0.5) is 27.2 Å². The normalized spacial score (nSPS) is 19.5. The molecule has 4 saturated heterocycles. The number of ether oxygens (including phenoxy) is 4. The van der Waals surface area contributed by atoms with Crippen LogP contribution in [0.25, 0.3) is 0 Å². The number of nitrogens with two attached hydrogens (primary N) is 1. The molecule has 4 aromatic rings. The van der Waals surface area contributed by atoms with Crippen LogP contribution in [-0.2, 0) is 25.5 Å². The molecule has 4 aliphatic rings. The number of carbonyl (C=O) groups is 4. The van der Waals surface area contributed by atoms with Crippen molar-refractivity contribution in [3.63, 3.8) is 0 Å². The number of amides is 4. The first-order chi connectivity index (χ1) is 33.4. The number of nitrogen functional groups attached to an aromatic ring is 1. The summed E-state index contributed by atoms with van der Waals surface area (Å²) in [6.07, 6.45) is 6.22. The van der Waals surface area contributed by atoms with Crippen molar-refractivity contribution in [2.24, 2.45) is 16.7 Å². The predicted molar refractivity (Wildman–Crippen MR) is 283 cm³/mol. The number of benzene rings is 2. The van der Waals surface area contributed by atoms with Crippen LogP contribution >= 0.6 is 47.8 Å². The van der Waals surface area contributed by atoms with Gasteiger partial charge in [-0.3, -0.25) is 19.4 Å². The summed E-state index contributed by atoms with van der Waals surface area (Å²) >= 11 is 10.4. The van der Waals surface area contributed by atoms with Crippen LogP contribution in [0.5, 0.6) is 11.5 Å². The van der Waals surface area contributed by atoms with Gasteiger partial charge < -0.3 is 34.5 Å². The van der Waals surface area contributed by atoms with E-state index in [9.17, 15) is 19.2 Å². The summed E-state index contributed by atoms with van der Waals surface area (Å²) in [5, 5.41) is 0.